The van der Waals surface area contributed by atoms with Gasteiger partial charge in [0.1, 0.15) is 5.60 Å². The van der Waals surface area contributed by atoms with Crippen molar-refractivity contribution in [1.29, 1.82) is 0 Å². The van der Waals surface area contributed by atoms with Gasteiger partial charge in [0.15, 0.2) is 0 Å². The molecular weight excluding hydrogens is 202 g/mol. The van der Waals surface area contributed by atoms with E-state index in [1.165, 1.54) is 0 Å². The highest BCUT2D eigenvalue weighted by Crippen LogP contribution is 2.35. The molecule has 0 fully saturated rings. The molecule has 16 heavy (non-hydrogen) atoms. The largest absolute Gasteiger partial charge is 0.438 e. The van der Waals surface area contributed by atoms with Crippen molar-refractivity contribution in [3.8, 4) is 0 Å². The first-order valence-electron chi connectivity index (χ1n) is 5.60. The van der Waals surface area contributed by atoms with E-state index >= 15 is 0 Å². The first-order chi connectivity index (χ1) is 7.49. The van der Waals surface area contributed by atoms with E-state index in [0.29, 0.717) is 0 Å². The van der Waals surface area contributed by atoms with E-state index in [1.807, 2.05) is 52.8 Å². The summed E-state index contributed by atoms with van der Waals surface area (Å²) in [6, 6.07) is 5.92. The highest BCUT2D eigenvalue weighted by Gasteiger charge is 2.32. The number of nitrogens with one attached hydrogen (secondary N) is 1. The lowest BCUT2D eigenvalue weighted by atomic mass is 9.93. The molecule has 3 heteroatoms. The molecule has 1 aromatic rings. The van der Waals surface area contributed by atoms with E-state index in [0.717, 1.165) is 16.8 Å². The second-order valence-electron chi connectivity index (χ2n) is 4.07. The third-order valence-electron chi connectivity index (χ3n) is 2.41. The van der Waals surface area contributed by atoms with Crippen LogP contribution in [0, 0.1) is 6.92 Å². The first kappa shape index (κ1) is 12.6. The van der Waals surface area contributed by atoms with Crippen molar-refractivity contribution in [2.75, 3.05) is 5.32 Å². The van der Waals surface area contributed by atoms with Gasteiger partial charge in [-0.3, -0.25) is 5.32 Å². The Bertz CT molecular complexity index is 397. The minimum Gasteiger partial charge on any atom is -0.438 e. The average molecular weight is 221 g/mol. The Kier molecular flexibility index (Phi) is 3.58. The molecule has 0 atom stereocenters. The maximum atomic E-state index is 11.2. The van der Waals surface area contributed by atoms with Crippen LogP contribution in [0.3, 0.4) is 0 Å². The van der Waals surface area contributed by atoms with Gasteiger partial charge in [-0.15, -0.1) is 0 Å². The summed E-state index contributed by atoms with van der Waals surface area (Å²) < 4.78 is 5.21. The fourth-order valence-corrected chi connectivity index (χ4v) is 1.69. The number of fused-ring (bicyclic) bond motifs is 1. The third kappa shape index (κ3) is 2.35. The van der Waals surface area contributed by atoms with Gasteiger partial charge in [0.2, 0.25) is 0 Å². The quantitative estimate of drug-likeness (QED) is 0.723. The molecular formula is C13H19NO2. The monoisotopic (exact) mass is 221 g/mol. The van der Waals surface area contributed by atoms with Crippen LogP contribution in [0.2, 0.25) is 0 Å². The number of ether oxygens (including phenoxy) is 1. The molecule has 1 N–H and O–H groups in total. The van der Waals surface area contributed by atoms with E-state index in [2.05, 4.69) is 5.32 Å². The van der Waals surface area contributed by atoms with E-state index in [4.69, 9.17) is 4.74 Å². The fraction of sp³-hybridized carbons (Fsp3) is 0.462. The Morgan fingerprint density at radius 1 is 1.25 bits per heavy atom. The highest BCUT2D eigenvalue weighted by atomic mass is 16.6. The van der Waals surface area contributed by atoms with Crippen molar-refractivity contribution in [3.05, 3.63) is 29.3 Å². The molecule has 0 unspecified atom stereocenters. The Morgan fingerprint density at radius 2 is 1.88 bits per heavy atom. The zero-order valence-corrected chi connectivity index (χ0v) is 10.5. The van der Waals surface area contributed by atoms with Crippen molar-refractivity contribution in [2.24, 2.45) is 0 Å². The van der Waals surface area contributed by atoms with Gasteiger partial charge in [-0.05, 0) is 26.8 Å². The molecule has 0 aromatic heterocycles. The van der Waals surface area contributed by atoms with Gasteiger partial charge in [-0.25, -0.2) is 4.79 Å². The van der Waals surface area contributed by atoms with Gasteiger partial charge in [-0.1, -0.05) is 31.5 Å². The van der Waals surface area contributed by atoms with Crippen molar-refractivity contribution < 1.29 is 9.53 Å². The lowest BCUT2D eigenvalue weighted by molar-refractivity contribution is 0.0420. The zero-order valence-electron chi connectivity index (χ0n) is 10.5. The first-order valence-corrected chi connectivity index (χ1v) is 5.60. The summed E-state index contributed by atoms with van der Waals surface area (Å²) in [4.78, 5) is 11.2. The molecule has 1 aliphatic rings. The number of carbonyl (C=O) groups is 1. The van der Waals surface area contributed by atoms with Crippen LogP contribution >= 0.6 is 0 Å². The molecule has 0 spiro atoms. The number of hydrogen-bond donors (Lipinski definition) is 1. The molecule has 0 radical (unpaired) electrons. The molecule has 3 nitrogen and oxygen atoms in total. The number of aryl methyl sites for hydroxylation is 1. The molecule has 1 aliphatic heterocycles. The zero-order chi connectivity index (χ0) is 12.3. The summed E-state index contributed by atoms with van der Waals surface area (Å²) in [5, 5.41) is 2.68. The van der Waals surface area contributed by atoms with Crippen LogP contribution in [-0.4, -0.2) is 6.09 Å². The van der Waals surface area contributed by atoms with Crippen LogP contribution in [0.4, 0.5) is 10.5 Å². The van der Waals surface area contributed by atoms with E-state index in [-0.39, 0.29) is 6.09 Å². The Balaban J connectivity index is 0.000000606. The second-order valence-corrected chi connectivity index (χ2v) is 4.07. The van der Waals surface area contributed by atoms with Crippen LogP contribution in [0.15, 0.2) is 18.2 Å². The number of hydrogen-bond acceptors (Lipinski definition) is 2. The molecule has 88 valence electrons. The van der Waals surface area contributed by atoms with Crippen LogP contribution in [0.5, 0.6) is 0 Å². The Hall–Kier alpha value is -1.51. The van der Waals surface area contributed by atoms with Gasteiger partial charge in [0.05, 0.1) is 5.69 Å². The van der Waals surface area contributed by atoms with Gasteiger partial charge < -0.3 is 4.74 Å². The van der Waals surface area contributed by atoms with Crippen molar-refractivity contribution in [1.82, 2.24) is 0 Å². The maximum absolute atomic E-state index is 11.2. The predicted octanol–water partition coefficient (Wildman–Crippen LogP) is 3.82. The number of carbonyl (C=O) groups excluding carboxylic acids is 1. The van der Waals surface area contributed by atoms with Crippen molar-refractivity contribution in [3.63, 3.8) is 0 Å². The number of anilines is 1. The topological polar surface area (TPSA) is 38.3 Å². The Morgan fingerprint density at radius 3 is 2.50 bits per heavy atom. The summed E-state index contributed by atoms with van der Waals surface area (Å²) >= 11 is 0. The van der Waals surface area contributed by atoms with E-state index in [1.54, 1.807) is 0 Å². The summed E-state index contributed by atoms with van der Waals surface area (Å²) in [6.45, 7) is 9.81. The SMILES string of the molecule is CC.Cc1ccc2c(c1)C(C)(C)OC(=O)N2. The van der Waals surface area contributed by atoms with Gasteiger partial charge in [-0.2, -0.15) is 0 Å². The fourth-order valence-electron chi connectivity index (χ4n) is 1.69. The number of cyclic esters (lactones) is 1. The smallest absolute Gasteiger partial charge is 0.412 e. The standard InChI is InChI=1S/C11H13NO2.C2H6/c1-7-4-5-9-8(6-7)11(2,3)14-10(13)12-9;1-2/h4-6H,1-3H3,(H,12,13);1-2H3. The molecule has 2 rings (SSSR count). The van der Waals surface area contributed by atoms with Crippen LogP contribution in [0.1, 0.15) is 38.8 Å². The minimum absolute atomic E-state index is 0.383. The highest BCUT2D eigenvalue weighted by molar-refractivity contribution is 5.88. The molecule has 1 aromatic carbocycles. The van der Waals surface area contributed by atoms with Crippen LogP contribution in [0.25, 0.3) is 0 Å². The summed E-state index contributed by atoms with van der Waals surface area (Å²) in [5.74, 6) is 0. The number of rotatable bonds is 0. The minimum atomic E-state index is -0.538. The molecule has 0 bridgehead atoms. The normalized spacial score (nSPS) is 16.2. The molecule has 1 amide bonds. The molecule has 0 saturated carbocycles. The van der Waals surface area contributed by atoms with Crippen molar-refractivity contribution >= 4 is 11.8 Å². The van der Waals surface area contributed by atoms with Crippen molar-refractivity contribution in [2.45, 2.75) is 40.2 Å². The molecule has 1 heterocycles. The van der Waals surface area contributed by atoms with E-state index in [9.17, 15) is 4.79 Å². The molecule has 0 saturated heterocycles. The van der Waals surface area contributed by atoms with E-state index < -0.39 is 5.60 Å². The average Bonchev–Trinajstić information content (AvgIpc) is 2.21. The number of benzene rings is 1. The predicted molar refractivity (Wildman–Crippen MR) is 65.7 cm³/mol. The lowest BCUT2D eigenvalue weighted by Crippen LogP contribution is -2.34. The summed E-state index contributed by atoms with van der Waals surface area (Å²) in [7, 11) is 0. The van der Waals surface area contributed by atoms with Crippen LogP contribution in [-0.2, 0) is 10.3 Å². The lowest BCUT2D eigenvalue weighted by Gasteiger charge is -2.32. The Labute approximate surface area is 96.8 Å². The van der Waals surface area contributed by atoms with Gasteiger partial charge in [0, 0.05) is 5.56 Å². The van der Waals surface area contributed by atoms with Crippen LogP contribution < -0.4 is 5.32 Å². The summed E-state index contributed by atoms with van der Waals surface area (Å²) in [5.41, 5.74) is 2.49. The molecule has 0 aliphatic carbocycles. The third-order valence-corrected chi connectivity index (χ3v) is 2.41. The second kappa shape index (κ2) is 4.56. The summed E-state index contributed by atoms with van der Waals surface area (Å²) in [6.07, 6.45) is -0.383. The maximum Gasteiger partial charge on any atom is 0.412 e. The number of amides is 1. The van der Waals surface area contributed by atoms with Gasteiger partial charge >= 0.3 is 6.09 Å². The van der Waals surface area contributed by atoms with Gasteiger partial charge in [0.25, 0.3) is 0 Å².